The monoisotopic (exact) mass is 339 g/mol. The number of rotatable bonds is 4. The molecule has 0 aliphatic rings. The van der Waals surface area contributed by atoms with E-state index in [4.69, 9.17) is 0 Å². The molecule has 15 heavy (non-hydrogen) atoms. The molecule has 5 heteroatoms. The zero-order valence-corrected chi connectivity index (χ0v) is 11.7. The Bertz CT molecular complexity index is 412. The van der Waals surface area contributed by atoms with Gasteiger partial charge in [0.05, 0.1) is 5.75 Å². The van der Waals surface area contributed by atoms with Crippen LogP contribution in [0.15, 0.2) is 24.3 Å². The van der Waals surface area contributed by atoms with Crippen molar-refractivity contribution in [3.63, 3.8) is 0 Å². The van der Waals surface area contributed by atoms with Crippen molar-refractivity contribution in [1.82, 2.24) is 0 Å². The standard InChI is InChI=1S/C10H14INO2S/c1-8(2)7-15(13,14)12-10-5-3-9(11)4-6-10/h3-6,8,12H,7H2,1-2H3. The van der Waals surface area contributed by atoms with E-state index in [1.807, 2.05) is 26.0 Å². The van der Waals surface area contributed by atoms with E-state index in [0.717, 1.165) is 3.57 Å². The van der Waals surface area contributed by atoms with E-state index in [-0.39, 0.29) is 11.7 Å². The van der Waals surface area contributed by atoms with Crippen molar-refractivity contribution in [3.05, 3.63) is 27.8 Å². The summed E-state index contributed by atoms with van der Waals surface area (Å²) >= 11 is 2.18. The van der Waals surface area contributed by atoms with Gasteiger partial charge < -0.3 is 0 Å². The van der Waals surface area contributed by atoms with Crippen LogP contribution in [0.2, 0.25) is 0 Å². The Kier molecular flexibility index (Phi) is 4.39. The molecule has 3 nitrogen and oxygen atoms in total. The molecule has 0 saturated carbocycles. The summed E-state index contributed by atoms with van der Waals surface area (Å²) in [5, 5.41) is 0. The molecular weight excluding hydrogens is 325 g/mol. The lowest BCUT2D eigenvalue weighted by molar-refractivity contribution is 0.587. The summed E-state index contributed by atoms with van der Waals surface area (Å²) in [6.07, 6.45) is 0. The van der Waals surface area contributed by atoms with Gasteiger partial charge in [0, 0.05) is 9.26 Å². The van der Waals surface area contributed by atoms with Crippen molar-refractivity contribution in [3.8, 4) is 0 Å². The molecule has 0 saturated heterocycles. The zero-order chi connectivity index (χ0) is 11.5. The van der Waals surface area contributed by atoms with Gasteiger partial charge in [0.1, 0.15) is 0 Å². The van der Waals surface area contributed by atoms with Crippen LogP contribution in [0.4, 0.5) is 5.69 Å². The molecule has 0 aromatic heterocycles. The van der Waals surface area contributed by atoms with Crippen LogP contribution >= 0.6 is 22.6 Å². The second kappa shape index (κ2) is 5.16. The highest BCUT2D eigenvalue weighted by atomic mass is 127. The second-order valence-corrected chi connectivity index (χ2v) is 6.80. The van der Waals surface area contributed by atoms with Gasteiger partial charge in [-0.25, -0.2) is 8.42 Å². The fourth-order valence-corrected chi connectivity index (χ4v) is 2.99. The Morgan fingerprint density at radius 2 is 1.80 bits per heavy atom. The molecule has 0 atom stereocenters. The van der Waals surface area contributed by atoms with E-state index >= 15 is 0 Å². The summed E-state index contributed by atoms with van der Waals surface area (Å²) in [6, 6.07) is 7.26. The molecule has 84 valence electrons. The van der Waals surface area contributed by atoms with Crippen LogP contribution in [-0.4, -0.2) is 14.2 Å². The molecule has 0 heterocycles. The normalized spacial score (nSPS) is 11.7. The quantitative estimate of drug-likeness (QED) is 0.858. The number of sulfonamides is 1. The zero-order valence-electron chi connectivity index (χ0n) is 8.70. The first-order valence-corrected chi connectivity index (χ1v) is 7.38. The third-order valence-electron chi connectivity index (χ3n) is 1.67. The fraction of sp³-hybridized carbons (Fsp3) is 0.400. The third-order valence-corrected chi connectivity index (χ3v) is 4.04. The van der Waals surface area contributed by atoms with Crippen molar-refractivity contribution in [2.24, 2.45) is 5.92 Å². The lowest BCUT2D eigenvalue weighted by atomic mass is 10.3. The van der Waals surface area contributed by atoms with E-state index in [1.54, 1.807) is 12.1 Å². The molecule has 0 unspecified atom stereocenters. The van der Waals surface area contributed by atoms with Gasteiger partial charge in [0.25, 0.3) is 0 Å². The molecule has 0 aliphatic heterocycles. The van der Waals surface area contributed by atoms with Crippen molar-refractivity contribution in [2.75, 3.05) is 10.5 Å². The van der Waals surface area contributed by atoms with Gasteiger partial charge in [-0.2, -0.15) is 0 Å². The number of hydrogen-bond acceptors (Lipinski definition) is 2. The molecule has 1 aromatic carbocycles. The van der Waals surface area contributed by atoms with Gasteiger partial charge in [-0.15, -0.1) is 0 Å². The van der Waals surface area contributed by atoms with E-state index in [2.05, 4.69) is 27.3 Å². The number of halogens is 1. The molecule has 1 rings (SSSR count). The van der Waals surface area contributed by atoms with Crippen LogP contribution in [0.3, 0.4) is 0 Å². The summed E-state index contributed by atoms with van der Waals surface area (Å²) in [6.45, 7) is 3.76. The maximum absolute atomic E-state index is 11.6. The smallest absolute Gasteiger partial charge is 0.232 e. The van der Waals surface area contributed by atoms with E-state index in [1.165, 1.54) is 0 Å². The Hall–Kier alpha value is -0.300. The van der Waals surface area contributed by atoms with Crippen LogP contribution in [-0.2, 0) is 10.0 Å². The Balaban J connectivity index is 2.73. The first-order chi connectivity index (χ1) is 6.89. The van der Waals surface area contributed by atoms with Crippen LogP contribution in [0.5, 0.6) is 0 Å². The largest absolute Gasteiger partial charge is 0.284 e. The van der Waals surface area contributed by atoms with Crippen LogP contribution in [0.1, 0.15) is 13.8 Å². The first-order valence-electron chi connectivity index (χ1n) is 4.65. The first kappa shape index (κ1) is 12.8. The van der Waals surface area contributed by atoms with Crippen molar-refractivity contribution in [1.29, 1.82) is 0 Å². The van der Waals surface area contributed by atoms with Crippen LogP contribution in [0.25, 0.3) is 0 Å². The van der Waals surface area contributed by atoms with Gasteiger partial charge in [-0.1, -0.05) is 13.8 Å². The van der Waals surface area contributed by atoms with Crippen molar-refractivity contribution < 1.29 is 8.42 Å². The van der Waals surface area contributed by atoms with Gasteiger partial charge >= 0.3 is 0 Å². The van der Waals surface area contributed by atoms with Gasteiger partial charge in [0.2, 0.25) is 10.0 Å². The molecule has 1 N–H and O–H groups in total. The second-order valence-electron chi connectivity index (χ2n) is 3.78. The molecule has 0 bridgehead atoms. The van der Waals surface area contributed by atoms with E-state index in [0.29, 0.717) is 5.69 Å². The van der Waals surface area contributed by atoms with E-state index in [9.17, 15) is 8.42 Å². The number of anilines is 1. The summed E-state index contributed by atoms with van der Waals surface area (Å²) in [5.41, 5.74) is 0.621. The molecule has 0 aliphatic carbocycles. The Morgan fingerprint density at radius 1 is 1.27 bits per heavy atom. The Morgan fingerprint density at radius 3 is 2.27 bits per heavy atom. The lowest BCUT2D eigenvalue weighted by Crippen LogP contribution is -2.19. The average molecular weight is 339 g/mol. The maximum Gasteiger partial charge on any atom is 0.232 e. The predicted molar refractivity (Wildman–Crippen MR) is 71.4 cm³/mol. The van der Waals surface area contributed by atoms with Crippen molar-refractivity contribution >= 4 is 38.3 Å². The van der Waals surface area contributed by atoms with E-state index < -0.39 is 10.0 Å². The third kappa shape index (κ3) is 4.83. The lowest BCUT2D eigenvalue weighted by Gasteiger charge is -2.09. The minimum absolute atomic E-state index is 0.131. The van der Waals surface area contributed by atoms with Crippen molar-refractivity contribution in [2.45, 2.75) is 13.8 Å². The Labute approximate surface area is 104 Å². The fourth-order valence-electron chi connectivity index (χ4n) is 1.18. The molecule has 1 aromatic rings. The summed E-state index contributed by atoms with van der Waals surface area (Å²) in [4.78, 5) is 0. The SMILES string of the molecule is CC(C)CS(=O)(=O)Nc1ccc(I)cc1. The minimum Gasteiger partial charge on any atom is -0.284 e. The van der Waals surface area contributed by atoms with Gasteiger partial charge in [0.15, 0.2) is 0 Å². The predicted octanol–water partition coefficient (Wildman–Crippen LogP) is 2.69. The molecule has 0 spiro atoms. The molecular formula is C10H14INO2S. The number of nitrogens with one attached hydrogen (secondary N) is 1. The van der Waals surface area contributed by atoms with Gasteiger partial charge in [-0.05, 0) is 52.8 Å². The molecule has 0 amide bonds. The molecule has 0 radical (unpaired) electrons. The highest BCUT2D eigenvalue weighted by Crippen LogP contribution is 2.13. The highest BCUT2D eigenvalue weighted by molar-refractivity contribution is 14.1. The molecule has 0 fully saturated rings. The summed E-state index contributed by atoms with van der Waals surface area (Å²) in [7, 11) is -3.20. The van der Waals surface area contributed by atoms with Gasteiger partial charge in [-0.3, -0.25) is 4.72 Å². The number of benzene rings is 1. The van der Waals surface area contributed by atoms with Crippen LogP contribution < -0.4 is 4.72 Å². The summed E-state index contributed by atoms with van der Waals surface area (Å²) in [5.74, 6) is 0.283. The minimum atomic E-state index is -3.20. The van der Waals surface area contributed by atoms with Crippen LogP contribution in [0, 0.1) is 9.49 Å². The number of hydrogen-bond donors (Lipinski definition) is 1. The average Bonchev–Trinajstić information content (AvgIpc) is 2.06. The summed E-state index contributed by atoms with van der Waals surface area (Å²) < 4.78 is 26.8. The highest BCUT2D eigenvalue weighted by Gasteiger charge is 2.12. The maximum atomic E-state index is 11.6. The topological polar surface area (TPSA) is 46.2 Å².